The van der Waals surface area contributed by atoms with E-state index in [1.165, 1.54) is 22.7 Å². The molecule has 3 aliphatic rings. The Bertz CT molecular complexity index is 723. The van der Waals surface area contributed by atoms with Gasteiger partial charge in [-0.1, -0.05) is 12.1 Å². The number of hydrogen-bond acceptors (Lipinski definition) is 7. The van der Waals surface area contributed by atoms with E-state index in [9.17, 15) is 9.90 Å². The number of likely N-dealkylation sites (N-methyl/N-ethyl adjacent to an activating group) is 1. The standard InChI is InChI=1S/C18H19NO4S2/c1-19-11-8-10(9-12(19)16-15(11)23-16)22-17(20)18(21,13-4-2-6-24-13)14-5-3-7-25-14/h2-7,10-12,15-16,21H,8-9H2,1H3/t10?,11-,12?,15-,16?/m0/s1. The molecule has 5 heterocycles. The first-order valence-corrected chi connectivity index (χ1v) is 10.2. The van der Waals surface area contributed by atoms with E-state index in [1.54, 1.807) is 12.1 Å². The molecule has 2 aromatic heterocycles. The Morgan fingerprint density at radius 3 is 2.24 bits per heavy atom. The van der Waals surface area contributed by atoms with Gasteiger partial charge in [0.05, 0.1) is 9.75 Å². The number of epoxide rings is 1. The van der Waals surface area contributed by atoms with Crippen LogP contribution >= 0.6 is 22.7 Å². The number of piperidine rings is 1. The summed E-state index contributed by atoms with van der Waals surface area (Å²) in [6.45, 7) is 0. The van der Waals surface area contributed by atoms with E-state index >= 15 is 0 Å². The molecule has 0 saturated carbocycles. The van der Waals surface area contributed by atoms with Gasteiger partial charge in [-0.25, -0.2) is 4.79 Å². The summed E-state index contributed by atoms with van der Waals surface area (Å²) in [7, 11) is 2.12. The first-order valence-electron chi connectivity index (χ1n) is 8.48. The third-order valence-electron chi connectivity index (χ3n) is 5.70. The summed E-state index contributed by atoms with van der Waals surface area (Å²) in [5.74, 6) is -0.569. The number of thiophene rings is 2. The minimum absolute atomic E-state index is 0.165. The number of carbonyl (C=O) groups excluding carboxylic acids is 1. The van der Waals surface area contributed by atoms with Gasteiger partial charge in [-0.05, 0) is 29.9 Å². The maximum atomic E-state index is 13.0. The summed E-state index contributed by atoms with van der Waals surface area (Å²) in [5, 5.41) is 15.0. The van der Waals surface area contributed by atoms with Crippen molar-refractivity contribution in [3.63, 3.8) is 0 Å². The van der Waals surface area contributed by atoms with E-state index < -0.39 is 11.6 Å². The summed E-state index contributed by atoms with van der Waals surface area (Å²) in [4.78, 5) is 16.6. The van der Waals surface area contributed by atoms with Gasteiger partial charge in [0.2, 0.25) is 5.60 Å². The van der Waals surface area contributed by atoms with Gasteiger partial charge in [-0.2, -0.15) is 0 Å². The number of nitrogens with zero attached hydrogens (tertiary/aromatic N) is 1. The molecule has 3 fully saturated rings. The number of aliphatic hydroxyl groups is 1. The first kappa shape index (κ1) is 16.0. The molecule has 7 heteroatoms. The largest absolute Gasteiger partial charge is 0.460 e. The maximum absolute atomic E-state index is 13.0. The van der Waals surface area contributed by atoms with Gasteiger partial charge in [-0.15, -0.1) is 22.7 Å². The van der Waals surface area contributed by atoms with Crippen LogP contribution in [0.5, 0.6) is 0 Å². The lowest BCUT2D eigenvalue weighted by atomic mass is 9.97. The highest BCUT2D eigenvalue weighted by atomic mass is 32.1. The zero-order valence-corrected chi connectivity index (χ0v) is 15.3. The van der Waals surface area contributed by atoms with E-state index in [4.69, 9.17) is 9.47 Å². The Morgan fingerprint density at radius 2 is 1.76 bits per heavy atom. The molecule has 0 radical (unpaired) electrons. The van der Waals surface area contributed by atoms with Gasteiger partial charge in [0.1, 0.15) is 18.3 Å². The number of fused-ring (bicyclic) bond motifs is 5. The SMILES string of the molecule is CN1C2CC(OC(=O)C(O)(c3cccs3)c3cccs3)C[C@H]1[C@@H]1OC21. The molecule has 25 heavy (non-hydrogen) atoms. The highest BCUT2D eigenvalue weighted by molar-refractivity contribution is 7.12. The van der Waals surface area contributed by atoms with Crippen LogP contribution < -0.4 is 0 Å². The molecule has 3 saturated heterocycles. The van der Waals surface area contributed by atoms with Crippen LogP contribution in [0.2, 0.25) is 0 Å². The van der Waals surface area contributed by atoms with Crippen molar-refractivity contribution in [2.24, 2.45) is 0 Å². The van der Waals surface area contributed by atoms with E-state index in [0.717, 1.165) is 12.8 Å². The van der Waals surface area contributed by atoms with Gasteiger partial charge in [0.15, 0.2) is 0 Å². The Labute approximate surface area is 153 Å². The quantitative estimate of drug-likeness (QED) is 0.654. The van der Waals surface area contributed by atoms with Gasteiger partial charge in [0, 0.05) is 24.9 Å². The van der Waals surface area contributed by atoms with Crippen molar-refractivity contribution in [1.82, 2.24) is 4.90 Å². The van der Waals surface area contributed by atoms with Gasteiger partial charge >= 0.3 is 5.97 Å². The molecular weight excluding hydrogens is 358 g/mol. The van der Waals surface area contributed by atoms with Crippen molar-refractivity contribution in [2.75, 3.05) is 7.05 Å². The van der Waals surface area contributed by atoms with Crippen LogP contribution in [0.1, 0.15) is 22.6 Å². The first-order chi connectivity index (χ1) is 12.1. The molecule has 3 aliphatic heterocycles. The highest BCUT2D eigenvalue weighted by Crippen LogP contribution is 2.48. The third kappa shape index (κ3) is 2.34. The highest BCUT2D eigenvalue weighted by Gasteiger charge is 2.63. The average molecular weight is 377 g/mol. The van der Waals surface area contributed by atoms with Crippen LogP contribution in [-0.2, 0) is 19.9 Å². The number of hydrogen-bond donors (Lipinski definition) is 1. The molecule has 0 aliphatic carbocycles. The van der Waals surface area contributed by atoms with E-state index in [-0.39, 0.29) is 6.10 Å². The summed E-state index contributed by atoms with van der Waals surface area (Å²) >= 11 is 2.73. The minimum Gasteiger partial charge on any atom is -0.460 e. The van der Waals surface area contributed by atoms with Crippen molar-refractivity contribution in [2.45, 2.75) is 48.8 Å². The number of morpholine rings is 1. The zero-order chi connectivity index (χ0) is 17.2. The van der Waals surface area contributed by atoms with Gasteiger partial charge < -0.3 is 14.6 Å². The topological polar surface area (TPSA) is 62.3 Å². The van der Waals surface area contributed by atoms with Crippen molar-refractivity contribution in [3.8, 4) is 0 Å². The number of carbonyl (C=O) groups is 1. The lowest BCUT2D eigenvalue weighted by Gasteiger charge is -2.38. The van der Waals surface area contributed by atoms with Crippen molar-refractivity contribution >= 4 is 28.6 Å². The van der Waals surface area contributed by atoms with Crippen LogP contribution in [0, 0.1) is 0 Å². The molecule has 5 nitrogen and oxygen atoms in total. The fourth-order valence-corrected chi connectivity index (χ4v) is 6.04. The fraction of sp³-hybridized carbons (Fsp3) is 0.500. The Morgan fingerprint density at radius 1 is 1.20 bits per heavy atom. The normalized spacial score (nSPS) is 33.9. The Kier molecular flexibility index (Phi) is 3.59. The Hall–Kier alpha value is -1.25. The molecule has 132 valence electrons. The second-order valence-electron chi connectivity index (χ2n) is 7.03. The van der Waals surface area contributed by atoms with Gasteiger partial charge in [0.25, 0.3) is 0 Å². The average Bonchev–Trinajstić information content (AvgIpc) is 2.97. The van der Waals surface area contributed by atoms with Crippen LogP contribution in [0.4, 0.5) is 0 Å². The molecule has 0 amide bonds. The fourth-order valence-electron chi connectivity index (χ4n) is 4.32. The Balaban J connectivity index is 1.39. The van der Waals surface area contributed by atoms with Gasteiger partial charge in [-0.3, -0.25) is 4.90 Å². The molecule has 5 atom stereocenters. The second kappa shape index (κ2) is 5.62. The summed E-state index contributed by atoms with van der Waals surface area (Å²) in [6.07, 6.45) is 1.97. The van der Waals surface area contributed by atoms with Crippen molar-refractivity contribution in [3.05, 3.63) is 44.8 Å². The smallest absolute Gasteiger partial charge is 0.349 e. The van der Waals surface area contributed by atoms with Crippen LogP contribution in [0.25, 0.3) is 0 Å². The zero-order valence-electron chi connectivity index (χ0n) is 13.7. The van der Waals surface area contributed by atoms with Crippen molar-refractivity contribution in [1.29, 1.82) is 0 Å². The number of ether oxygens (including phenoxy) is 2. The lowest BCUT2D eigenvalue weighted by Crippen LogP contribution is -2.49. The molecule has 0 spiro atoms. The van der Waals surface area contributed by atoms with Crippen LogP contribution in [0.3, 0.4) is 0 Å². The predicted octanol–water partition coefficient (Wildman–Crippen LogP) is 2.20. The molecule has 1 N–H and O–H groups in total. The monoisotopic (exact) mass is 377 g/mol. The number of esters is 1. The van der Waals surface area contributed by atoms with Crippen LogP contribution in [0.15, 0.2) is 35.0 Å². The lowest BCUT2D eigenvalue weighted by molar-refractivity contribution is -0.171. The molecular formula is C18H19NO4S2. The summed E-state index contributed by atoms with van der Waals surface area (Å²) < 4.78 is 11.5. The van der Waals surface area contributed by atoms with E-state index in [0.29, 0.717) is 34.0 Å². The summed E-state index contributed by atoms with van der Waals surface area (Å²) in [6, 6.07) is 7.88. The molecule has 0 aromatic carbocycles. The van der Waals surface area contributed by atoms with E-state index in [1.807, 2.05) is 22.9 Å². The third-order valence-corrected chi connectivity index (χ3v) is 7.66. The molecule has 2 bridgehead atoms. The maximum Gasteiger partial charge on any atom is 0.349 e. The summed E-state index contributed by atoms with van der Waals surface area (Å²) in [5.41, 5.74) is -1.72. The molecule has 5 rings (SSSR count). The number of rotatable bonds is 4. The van der Waals surface area contributed by atoms with Crippen LogP contribution in [-0.4, -0.2) is 53.4 Å². The predicted molar refractivity (Wildman–Crippen MR) is 94.8 cm³/mol. The molecule has 3 unspecified atom stereocenters. The molecule has 2 aromatic rings. The second-order valence-corrected chi connectivity index (χ2v) is 8.92. The van der Waals surface area contributed by atoms with E-state index in [2.05, 4.69) is 11.9 Å². The van der Waals surface area contributed by atoms with Crippen molar-refractivity contribution < 1.29 is 19.4 Å². The minimum atomic E-state index is -1.72.